The molecule has 100 valence electrons. The van der Waals surface area contributed by atoms with Crippen LogP contribution in [0.25, 0.3) is 0 Å². The molecule has 1 aromatic carbocycles. The molecule has 0 aliphatic heterocycles. The van der Waals surface area contributed by atoms with Crippen LogP contribution in [0.4, 0.5) is 4.39 Å². The van der Waals surface area contributed by atoms with Crippen molar-refractivity contribution >= 4 is 15.9 Å². The van der Waals surface area contributed by atoms with Crippen molar-refractivity contribution in [2.24, 2.45) is 11.8 Å². The molecule has 0 heterocycles. The van der Waals surface area contributed by atoms with Crippen LogP contribution in [0.3, 0.4) is 0 Å². The van der Waals surface area contributed by atoms with Gasteiger partial charge in [0.2, 0.25) is 0 Å². The van der Waals surface area contributed by atoms with Crippen molar-refractivity contribution in [1.82, 2.24) is 0 Å². The van der Waals surface area contributed by atoms with Crippen LogP contribution < -0.4 is 0 Å². The van der Waals surface area contributed by atoms with Crippen LogP contribution in [0.5, 0.6) is 0 Å². The van der Waals surface area contributed by atoms with Gasteiger partial charge in [0.05, 0.1) is 5.60 Å². The molecule has 0 spiro atoms. The van der Waals surface area contributed by atoms with E-state index in [1.165, 1.54) is 18.6 Å². The van der Waals surface area contributed by atoms with E-state index in [9.17, 15) is 9.50 Å². The van der Waals surface area contributed by atoms with Gasteiger partial charge in [-0.3, -0.25) is 0 Å². The Balaban J connectivity index is 2.20. The number of hydrogen-bond donors (Lipinski definition) is 1. The van der Waals surface area contributed by atoms with Crippen LogP contribution in [-0.2, 0) is 6.42 Å². The van der Waals surface area contributed by atoms with Gasteiger partial charge in [-0.15, -0.1) is 0 Å². The van der Waals surface area contributed by atoms with Gasteiger partial charge in [-0.25, -0.2) is 4.39 Å². The molecular formula is C15H20BrFO. The average Bonchev–Trinajstić information content (AvgIpc) is 2.28. The van der Waals surface area contributed by atoms with Crippen molar-refractivity contribution in [2.75, 3.05) is 0 Å². The Bertz CT molecular complexity index is 435. The minimum atomic E-state index is -0.655. The zero-order valence-electron chi connectivity index (χ0n) is 10.9. The van der Waals surface area contributed by atoms with E-state index in [1.807, 2.05) is 0 Å². The lowest BCUT2D eigenvalue weighted by Crippen LogP contribution is -2.43. The summed E-state index contributed by atoms with van der Waals surface area (Å²) in [7, 11) is 0. The topological polar surface area (TPSA) is 20.2 Å². The lowest BCUT2D eigenvalue weighted by Gasteiger charge is -2.41. The molecule has 0 radical (unpaired) electrons. The van der Waals surface area contributed by atoms with Crippen molar-refractivity contribution in [3.05, 3.63) is 34.1 Å². The van der Waals surface area contributed by atoms with Crippen molar-refractivity contribution < 1.29 is 9.50 Å². The fraction of sp³-hybridized carbons (Fsp3) is 0.600. The second-order valence-corrected chi connectivity index (χ2v) is 6.66. The number of rotatable bonds is 2. The first-order valence-electron chi connectivity index (χ1n) is 6.57. The standard InChI is InChI=1S/C15H20BrFO/c1-10-3-4-11(2)15(18,8-10)9-12-5-6-13(17)7-14(12)16/h5-7,10-11,18H,3-4,8-9H2,1-2H3. The van der Waals surface area contributed by atoms with Crippen molar-refractivity contribution in [1.29, 1.82) is 0 Å². The first-order chi connectivity index (χ1) is 8.40. The van der Waals surface area contributed by atoms with Crippen LogP contribution in [-0.4, -0.2) is 10.7 Å². The maximum absolute atomic E-state index is 13.1. The number of hydrogen-bond acceptors (Lipinski definition) is 1. The molecule has 1 aliphatic rings. The van der Waals surface area contributed by atoms with Crippen LogP contribution in [0.15, 0.2) is 22.7 Å². The third kappa shape index (κ3) is 2.94. The van der Waals surface area contributed by atoms with E-state index in [0.29, 0.717) is 18.3 Å². The van der Waals surface area contributed by atoms with Gasteiger partial charge in [0.25, 0.3) is 0 Å². The van der Waals surface area contributed by atoms with Crippen molar-refractivity contribution in [3.8, 4) is 0 Å². The van der Waals surface area contributed by atoms with Crippen molar-refractivity contribution in [2.45, 2.75) is 45.1 Å². The van der Waals surface area contributed by atoms with Gasteiger partial charge in [0.15, 0.2) is 0 Å². The first kappa shape index (κ1) is 14.0. The van der Waals surface area contributed by atoms with Crippen molar-refractivity contribution in [3.63, 3.8) is 0 Å². The van der Waals surface area contributed by atoms with E-state index in [0.717, 1.165) is 22.9 Å². The zero-order valence-corrected chi connectivity index (χ0v) is 12.5. The summed E-state index contributed by atoms with van der Waals surface area (Å²) in [5.41, 5.74) is 0.331. The molecule has 2 rings (SSSR count). The molecule has 1 nitrogen and oxygen atoms in total. The van der Waals surface area contributed by atoms with Gasteiger partial charge in [0.1, 0.15) is 5.82 Å². The lowest BCUT2D eigenvalue weighted by molar-refractivity contribution is -0.0561. The molecule has 1 aliphatic carbocycles. The SMILES string of the molecule is CC1CCC(C)C(O)(Cc2ccc(F)cc2Br)C1. The average molecular weight is 315 g/mol. The Hall–Kier alpha value is -0.410. The highest BCUT2D eigenvalue weighted by Crippen LogP contribution is 2.39. The van der Waals surface area contributed by atoms with E-state index in [2.05, 4.69) is 29.8 Å². The Kier molecular flexibility index (Phi) is 4.12. The van der Waals surface area contributed by atoms with Crippen LogP contribution in [0, 0.1) is 17.7 Å². The third-order valence-electron chi connectivity index (χ3n) is 4.22. The van der Waals surface area contributed by atoms with E-state index in [1.54, 1.807) is 6.07 Å². The van der Waals surface area contributed by atoms with E-state index < -0.39 is 5.60 Å². The van der Waals surface area contributed by atoms with Gasteiger partial charge >= 0.3 is 0 Å². The van der Waals surface area contributed by atoms with Crippen LogP contribution in [0.1, 0.15) is 38.7 Å². The van der Waals surface area contributed by atoms with Gasteiger partial charge in [-0.2, -0.15) is 0 Å². The molecule has 3 heteroatoms. The zero-order chi connectivity index (χ0) is 13.3. The third-order valence-corrected chi connectivity index (χ3v) is 4.96. The van der Waals surface area contributed by atoms with E-state index >= 15 is 0 Å². The molecule has 1 N–H and O–H groups in total. The minimum absolute atomic E-state index is 0.248. The normalized spacial score (nSPS) is 32.5. The highest BCUT2D eigenvalue weighted by Gasteiger charge is 2.39. The predicted molar refractivity (Wildman–Crippen MR) is 74.9 cm³/mol. The number of halogens is 2. The summed E-state index contributed by atoms with van der Waals surface area (Å²) in [5.74, 6) is 0.610. The molecule has 0 bridgehead atoms. The highest BCUT2D eigenvalue weighted by molar-refractivity contribution is 9.10. The molecule has 1 fully saturated rings. The van der Waals surface area contributed by atoms with Gasteiger partial charge in [0, 0.05) is 10.9 Å². The molecule has 3 atom stereocenters. The summed E-state index contributed by atoms with van der Waals surface area (Å²) in [6.45, 7) is 4.31. The number of aliphatic hydroxyl groups is 1. The largest absolute Gasteiger partial charge is 0.389 e. The maximum atomic E-state index is 13.1. The van der Waals surface area contributed by atoms with Gasteiger partial charge in [-0.05, 0) is 42.4 Å². The van der Waals surface area contributed by atoms with E-state index in [-0.39, 0.29) is 5.82 Å². The van der Waals surface area contributed by atoms with Gasteiger partial charge < -0.3 is 5.11 Å². The fourth-order valence-electron chi connectivity index (χ4n) is 2.95. The molecule has 1 aromatic rings. The Morgan fingerprint density at radius 1 is 1.39 bits per heavy atom. The van der Waals surface area contributed by atoms with Crippen LogP contribution in [0.2, 0.25) is 0 Å². The number of benzene rings is 1. The minimum Gasteiger partial charge on any atom is -0.389 e. The predicted octanol–water partition coefficient (Wildman–Crippen LogP) is 4.32. The summed E-state index contributed by atoms with van der Waals surface area (Å²) in [6, 6.07) is 4.69. The molecule has 0 saturated heterocycles. The van der Waals surface area contributed by atoms with Gasteiger partial charge in [-0.1, -0.05) is 42.3 Å². The summed E-state index contributed by atoms with van der Waals surface area (Å²) in [4.78, 5) is 0. The second kappa shape index (κ2) is 5.30. The summed E-state index contributed by atoms with van der Waals surface area (Å²) < 4.78 is 13.8. The lowest BCUT2D eigenvalue weighted by atomic mass is 9.69. The smallest absolute Gasteiger partial charge is 0.124 e. The summed E-state index contributed by atoms with van der Waals surface area (Å²) in [6.07, 6.45) is 3.68. The monoisotopic (exact) mass is 314 g/mol. The molecule has 18 heavy (non-hydrogen) atoms. The maximum Gasteiger partial charge on any atom is 0.124 e. The Labute approximate surface area is 117 Å². The quantitative estimate of drug-likeness (QED) is 0.862. The van der Waals surface area contributed by atoms with Crippen LogP contribution >= 0.6 is 15.9 Å². The molecule has 3 unspecified atom stereocenters. The first-order valence-corrected chi connectivity index (χ1v) is 7.36. The molecule has 1 saturated carbocycles. The molecule has 0 aromatic heterocycles. The summed E-state index contributed by atoms with van der Waals surface area (Å²) >= 11 is 3.38. The Morgan fingerprint density at radius 2 is 2.11 bits per heavy atom. The Morgan fingerprint density at radius 3 is 2.78 bits per heavy atom. The second-order valence-electron chi connectivity index (χ2n) is 5.80. The molecule has 0 amide bonds. The molecular weight excluding hydrogens is 295 g/mol. The van der Waals surface area contributed by atoms with E-state index in [4.69, 9.17) is 0 Å². The fourth-order valence-corrected chi connectivity index (χ4v) is 3.44. The highest BCUT2D eigenvalue weighted by atomic mass is 79.9. The summed E-state index contributed by atoms with van der Waals surface area (Å²) in [5, 5.41) is 10.8.